The molecule has 5 nitrogen and oxygen atoms in total. The van der Waals surface area contributed by atoms with Crippen LogP contribution in [0.3, 0.4) is 0 Å². The van der Waals surface area contributed by atoms with Crippen LogP contribution in [0.1, 0.15) is 0 Å². The summed E-state index contributed by atoms with van der Waals surface area (Å²) >= 11 is 0. The molecule has 0 saturated heterocycles. The van der Waals surface area contributed by atoms with E-state index in [0.29, 0.717) is 5.82 Å². The van der Waals surface area contributed by atoms with E-state index >= 15 is 0 Å². The van der Waals surface area contributed by atoms with E-state index in [1.807, 2.05) is 48.5 Å². The molecule has 0 amide bonds. The minimum absolute atomic E-state index is 0.696. The van der Waals surface area contributed by atoms with Crippen molar-refractivity contribution in [2.75, 3.05) is 0 Å². The molecule has 262 valence electrons. The standard InChI is InChI=1S/C51H32N4O/c1-5-16-34(17-6-1)42-32-43(53-50(52-42)37-20-9-3-10-21-37)35-30-28-33(29-31-35)39-25-15-26-41-45-46-40-24-13-14-27-44(40)55(38-22-11-4-12-23-38)51(46)56-49(45)47(54-48(39)41)36-18-7-2-8-19-36/h1-32H. The predicted octanol–water partition coefficient (Wildman–Crippen LogP) is 13.2. The first-order chi connectivity index (χ1) is 27.8. The Morgan fingerprint density at radius 2 is 0.964 bits per heavy atom. The molecule has 0 saturated carbocycles. The van der Waals surface area contributed by atoms with Crippen LogP contribution in [0.5, 0.6) is 0 Å². The Balaban J connectivity index is 1.12. The Morgan fingerprint density at radius 3 is 1.66 bits per heavy atom. The molecular weight excluding hydrogens is 685 g/mol. The second-order valence-electron chi connectivity index (χ2n) is 14.0. The summed E-state index contributed by atoms with van der Waals surface area (Å²) in [5, 5.41) is 4.34. The van der Waals surface area contributed by atoms with Crippen LogP contribution in [-0.2, 0) is 0 Å². The van der Waals surface area contributed by atoms with Crippen molar-refractivity contribution in [2.24, 2.45) is 0 Å². The van der Waals surface area contributed by atoms with Gasteiger partial charge in [-0.1, -0.05) is 170 Å². The summed E-state index contributed by atoms with van der Waals surface area (Å²) in [6.07, 6.45) is 0. The lowest BCUT2D eigenvalue weighted by molar-refractivity contribution is 0.645. The van der Waals surface area contributed by atoms with Crippen LogP contribution >= 0.6 is 0 Å². The first kappa shape index (κ1) is 31.9. The summed E-state index contributed by atoms with van der Waals surface area (Å²) in [5.41, 5.74) is 13.4. The lowest BCUT2D eigenvalue weighted by Gasteiger charge is -2.12. The molecular formula is C51H32N4O. The maximum absolute atomic E-state index is 7.00. The number of fused-ring (bicyclic) bond motifs is 7. The molecule has 7 aromatic carbocycles. The zero-order chi connectivity index (χ0) is 37.0. The average molecular weight is 717 g/mol. The zero-order valence-corrected chi connectivity index (χ0v) is 30.2. The van der Waals surface area contributed by atoms with Gasteiger partial charge in [0.25, 0.3) is 0 Å². The number of para-hydroxylation sites is 3. The summed E-state index contributed by atoms with van der Waals surface area (Å²) in [6.45, 7) is 0. The summed E-state index contributed by atoms with van der Waals surface area (Å²) in [7, 11) is 0. The molecule has 11 aromatic rings. The van der Waals surface area contributed by atoms with E-state index in [1.165, 1.54) is 0 Å². The molecule has 0 N–H and O–H groups in total. The number of hydrogen-bond donors (Lipinski definition) is 0. The Labute approximate surface area is 322 Å². The highest BCUT2D eigenvalue weighted by molar-refractivity contribution is 6.29. The number of furan rings is 1. The van der Waals surface area contributed by atoms with Gasteiger partial charge in [-0.05, 0) is 29.8 Å². The molecule has 0 unspecified atom stereocenters. The number of nitrogens with zero attached hydrogens (tertiary/aromatic N) is 4. The van der Waals surface area contributed by atoms with Crippen LogP contribution in [0.2, 0.25) is 0 Å². The van der Waals surface area contributed by atoms with Crippen LogP contribution in [0.15, 0.2) is 199 Å². The van der Waals surface area contributed by atoms with Gasteiger partial charge in [0.1, 0.15) is 5.69 Å². The molecule has 11 rings (SSSR count). The second kappa shape index (κ2) is 13.0. The fraction of sp³-hybridized carbons (Fsp3) is 0. The normalized spacial score (nSPS) is 11.6. The van der Waals surface area contributed by atoms with Gasteiger partial charge in [0.15, 0.2) is 11.4 Å². The van der Waals surface area contributed by atoms with Crippen molar-refractivity contribution < 1.29 is 4.42 Å². The van der Waals surface area contributed by atoms with Crippen molar-refractivity contribution in [3.63, 3.8) is 0 Å². The van der Waals surface area contributed by atoms with Gasteiger partial charge >= 0.3 is 0 Å². The quantitative estimate of drug-likeness (QED) is 0.172. The summed E-state index contributed by atoms with van der Waals surface area (Å²) in [6, 6.07) is 67.0. The van der Waals surface area contributed by atoms with E-state index in [9.17, 15) is 0 Å². The van der Waals surface area contributed by atoms with Gasteiger partial charge in [-0.3, -0.25) is 4.57 Å². The SMILES string of the molecule is c1ccc(-c2cc(-c3ccc(-c4cccc5c4nc(-c4ccccc4)c4oc6c(c7ccccc7n6-c6ccccc6)c45)cc3)nc(-c3ccccc3)n2)cc1. The minimum atomic E-state index is 0.696. The molecule has 0 aliphatic carbocycles. The molecule has 0 bridgehead atoms. The maximum Gasteiger partial charge on any atom is 0.213 e. The van der Waals surface area contributed by atoms with Gasteiger partial charge in [-0.15, -0.1) is 0 Å². The topological polar surface area (TPSA) is 56.7 Å². The summed E-state index contributed by atoms with van der Waals surface area (Å²) < 4.78 is 9.23. The van der Waals surface area contributed by atoms with Crippen molar-refractivity contribution in [1.29, 1.82) is 0 Å². The zero-order valence-electron chi connectivity index (χ0n) is 30.2. The highest BCUT2D eigenvalue weighted by Gasteiger charge is 2.25. The van der Waals surface area contributed by atoms with Gasteiger partial charge in [0.05, 0.1) is 27.8 Å². The Hall–Kier alpha value is -7.63. The summed E-state index contributed by atoms with van der Waals surface area (Å²) in [5.74, 6) is 0.696. The van der Waals surface area contributed by atoms with Gasteiger partial charge < -0.3 is 4.42 Å². The van der Waals surface area contributed by atoms with Crippen LogP contribution in [0, 0.1) is 0 Å². The van der Waals surface area contributed by atoms with Crippen LogP contribution in [0.4, 0.5) is 0 Å². The van der Waals surface area contributed by atoms with Gasteiger partial charge in [0.2, 0.25) is 5.71 Å². The molecule has 5 heteroatoms. The van der Waals surface area contributed by atoms with Crippen LogP contribution < -0.4 is 0 Å². The molecule has 56 heavy (non-hydrogen) atoms. The fourth-order valence-corrected chi connectivity index (χ4v) is 8.01. The number of rotatable bonds is 6. The average Bonchev–Trinajstić information content (AvgIpc) is 3.82. The van der Waals surface area contributed by atoms with Crippen molar-refractivity contribution in [2.45, 2.75) is 0 Å². The lowest BCUT2D eigenvalue weighted by Crippen LogP contribution is -1.96. The highest BCUT2D eigenvalue weighted by atomic mass is 16.3. The number of pyridine rings is 1. The van der Waals surface area contributed by atoms with E-state index in [-0.39, 0.29) is 0 Å². The Bertz CT molecular complexity index is 3150. The first-order valence-corrected chi connectivity index (χ1v) is 18.8. The third-order valence-electron chi connectivity index (χ3n) is 10.6. The summed E-state index contributed by atoms with van der Waals surface area (Å²) in [4.78, 5) is 15.5. The molecule has 0 atom stereocenters. The van der Waals surface area contributed by atoms with Gasteiger partial charge in [-0.2, -0.15) is 0 Å². The number of hydrogen-bond acceptors (Lipinski definition) is 4. The van der Waals surface area contributed by atoms with Crippen molar-refractivity contribution in [1.82, 2.24) is 19.5 Å². The highest BCUT2D eigenvalue weighted by Crippen LogP contribution is 2.46. The van der Waals surface area contributed by atoms with Crippen LogP contribution in [0.25, 0.3) is 106 Å². The lowest BCUT2D eigenvalue weighted by atomic mass is 9.96. The predicted molar refractivity (Wildman–Crippen MR) is 229 cm³/mol. The van der Waals surface area contributed by atoms with E-state index in [2.05, 4.69) is 150 Å². The van der Waals surface area contributed by atoms with Gasteiger partial charge in [-0.25, -0.2) is 15.0 Å². The fourth-order valence-electron chi connectivity index (χ4n) is 8.01. The molecule has 4 heterocycles. The van der Waals surface area contributed by atoms with E-state index in [4.69, 9.17) is 19.4 Å². The van der Waals surface area contributed by atoms with E-state index < -0.39 is 0 Å². The first-order valence-electron chi connectivity index (χ1n) is 18.8. The third kappa shape index (κ3) is 5.21. The molecule has 0 radical (unpaired) electrons. The monoisotopic (exact) mass is 716 g/mol. The molecule has 0 fully saturated rings. The largest absolute Gasteiger partial charge is 0.437 e. The van der Waals surface area contributed by atoms with Crippen molar-refractivity contribution in [3.05, 3.63) is 194 Å². The molecule has 0 aliphatic heterocycles. The Kier molecular flexibility index (Phi) is 7.42. The molecule has 0 spiro atoms. The minimum Gasteiger partial charge on any atom is -0.437 e. The molecule has 0 aliphatic rings. The van der Waals surface area contributed by atoms with Gasteiger partial charge in [0, 0.05) is 49.7 Å². The second-order valence-corrected chi connectivity index (χ2v) is 14.0. The van der Waals surface area contributed by atoms with E-state index in [1.54, 1.807) is 0 Å². The van der Waals surface area contributed by atoms with Crippen molar-refractivity contribution >= 4 is 43.9 Å². The third-order valence-corrected chi connectivity index (χ3v) is 10.6. The Morgan fingerprint density at radius 1 is 0.411 bits per heavy atom. The number of benzene rings is 7. The maximum atomic E-state index is 7.00. The van der Waals surface area contributed by atoms with Crippen LogP contribution in [-0.4, -0.2) is 19.5 Å². The smallest absolute Gasteiger partial charge is 0.213 e. The number of aromatic nitrogens is 4. The van der Waals surface area contributed by atoms with E-state index in [0.717, 1.165) is 100 Å². The van der Waals surface area contributed by atoms with Crippen molar-refractivity contribution in [3.8, 4) is 62.0 Å². The molecule has 4 aromatic heterocycles.